The fourth-order valence-electron chi connectivity index (χ4n) is 1.70. The van der Waals surface area contributed by atoms with E-state index in [9.17, 15) is 4.79 Å². The number of amides is 1. The van der Waals surface area contributed by atoms with E-state index in [2.05, 4.69) is 5.32 Å². The van der Waals surface area contributed by atoms with Crippen molar-refractivity contribution in [1.82, 2.24) is 5.32 Å². The molecule has 5 heteroatoms. The number of rotatable bonds is 2. The van der Waals surface area contributed by atoms with Crippen LogP contribution < -0.4 is 11.1 Å². The number of carbonyl (C=O) groups excluding carboxylic acids is 1. The predicted octanol–water partition coefficient (Wildman–Crippen LogP) is -0.00880. The van der Waals surface area contributed by atoms with Gasteiger partial charge in [-0.1, -0.05) is 0 Å². The molecule has 3 N–H and O–H groups in total. The second-order valence-electron chi connectivity index (χ2n) is 3.96. The van der Waals surface area contributed by atoms with Gasteiger partial charge in [0.1, 0.15) is 6.10 Å². The molecule has 80 valence electrons. The standard InChI is InChI=1S/C9H16N2O3/c10-6-3-8(4-6)14-9(12)11-7-1-2-13-5-7/h6-8H,1-5,10H2,(H,11,12). The third-order valence-electron chi connectivity index (χ3n) is 2.66. The summed E-state index contributed by atoms with van der Waals surface area (Å²) in [5, 5.41) is 2.77. The molecule has 5 nitrogen and oxygen atoms in total. The highest BCUT2D eigenvalue weighted by molar-refractivity contribution is 5.68. The third-order valence-corrected chi connectivity index (χ3v) is 2.66. The first-order valence-electron chi connectivity index (χ1n) is 5.04. The van der Waals surface area contributed by atoms with E-state index in [4.69, 9.17) is 15.2 Å². The average Bonchev–Trinajstić information content (AvgIpc) is 2.54. The third kappa shape index (κ3) is 2.36. The van der Waals surface area contributed by atoms with Crippen LogP contribution in [0.1, 0.15) is 19.3 Å². The van der Waals surface area contributed by atoms with Crippen molar-refractivity contribution in [3.63, 3.8) is 0 Å². The molecule has 14 heavy (non-hydrogen) atoms. The Balaban J connectivity index is 1.63. The van der Waals surface area contributed by atoms with Crippen LogP contribution in [0.2, 0.25) is 0 Å². The normalized spacial score (nSPS) is 36.2. The Bertz CT molecular complexity index is 210. The molecule has 1 heterocycles. The van der Waals surface area contributed by atoms with Crippen LogP contribution in [-0.2, 0) is 9.47 Å². The molecule has 0 spiro atoms. The number of alkyl carbamates (subject to hydrolysis) is 1. The Kier molecular flexibility index (Phi) is 2.88. The van der Waals surface area contributed by atoms with Gasteiger partial charge in [-0.15, -0.1) is 0 Å². The Labute approximate surface area is 82.9 Å². The highest BCUT2D eigenvalue weighted by Gasteiger charge is 2.30. The average molecular weight is 200 g/mol. The van der Waals surface area contributed by atoms with Crippen LogP contribution in [0.15, 0.2) is 0 Å². The summed E-state index contributed by atoms with van der Waals surface area (Å²) in [6, 6.07) is 0.332. The van der Waals surface area contributed by atoms with Crippen LogP contribution in [0.5, 0.6) is 0 Å². The van der Waals surface area contributed by atoms with Crippen molar-refractivity contribution in [2.24, 2.45) is 5.73 Å². The number of nitrogens with two attached hydrogens (primary N) is 1. The molecule has 1 aliphatic heterocycles. The molecule has 1 saturated carbocycles. The molecular formula is C9H16N2O3. The molecule has 1 saturated heterocycles. The van der Waals surface area contributed by atoms with Gasteiger partial charge in [-0.25, -0.2) is 4.79 Å². The lowest BCUT2D eigenvalue weighted by Crippen LogP contribution is -2.45. The molecular weight excluding hydrogens is 184 g/mol. The summed E-state index contributed by atoms with van der Waals surface area (Å²) in [6.07, 6.45) is 2.13. The number of carbonyl (C=O) groups is 1. The number of hydrogen-bond donors (Lipinski definition) is 2. The highest BCUT2D eigenvalue weighted by atomic mass is 16.6. The van der Waals surface area contributed by atoms with Gasteiger partial charge in [0.05, 0.1) is 12.6 Å². The zero-order valence-corrected chi connectivity index (χ0v) is 8.07. The molecule has 2 rings (SSSR count). The van der Waals surface area contributed by atoms with E-state index in [0.717, 1.165) is 25.9 Å². The fraction of sp³-hybridized carbons (Fsp3) is 0.889. The Morgan fingerprint density at radius 3 is 2.86 bits per heavy atom. The number of hydrogen-bond acceptors (Lipinski definition) is 4. The predicted molar refractivity (Wildman–Crippen MR) is 49.8 cm³/mol. The monoisotopic (exact) mass is 200 g/mol. The molecule has 1 atom stereocenters. The summed E-state index contributed by atoms with van der Waals surface area (Å²) in [5.41, 5.74) is 5.58. The quantitative estimate of drug-likeness (QED) is 0.657. The maximum absolute atomic E-state index is 11.3. The first-order chi connectivity index (χ1) is 6.74. The lowest BCUT2D eigenvalue weighted by Gasteiger charge is -2.31. The van der Waals surface area contributed by atoms with Crippen LogP contribution in [0.25, 0.3) is 0 Å². The van der Waals surface area contributed by atoms with Gasteiger partial charge in [-0.05, 0) is 19.3 Å². The van der Waals surface area contributed by atoms with Crippen molar-refractivity contribution in [2.75, 3.05) is 13.2 Å². The van der Waals surface area contributed by atoms with Crippen molar-refractivity contribution in [2.45, 2.75) is 37.5 Å². The fourth-order valence-corrected chi connectivity index (χ4v) is 1.70. The number of nitrogens with one attached hydrogen (secondary N) is 1. The largest absolute Gasteiger partial charge is 0.446 e. The van der Waals surface area contributed by atoms with E-state index in [1.807, 2.05) is 0 Å². The molecule has 0 aromatic heterocycles. The summed E-state index contributed by atoms with van der Waals surface area (Å²) in [6.45, 7) is 1.32. The zero-order valence-electron chi connectivity index (χ0n) is 8.07. The Hall–Kier alpha value is -0.810. The van der Waals surface area contributed by atoms with E-state index < -0.39 is 0 Å². The smallest absolute Gasteiger partial charge is 0.407 e. The SMILES string of the molecule is NC1CC(OC(=O)NC2CCOC2)C1. The van der Waals surface area contributed by atoms with Crippen LogP contribution in [0, 0.1) is 0 Å². The van der Waals surface area contributed by atoms with Gasteiger partial charge in [-0.2, -0.15) is 0 Å². The highest BCUT2D eigenvalue weighted by Crippen LogP contribution is 2.21. The van der Waals surface area contributed by atoms with Crippen molar-refractivity contribution < 1.29 is 14.3 Å². The molecule has 0 aromatic rings. The molecule has 2 aliphatic rings. The van der Waals surface area contributed by atoms with Crippen molar-refractivity contribution in [3.8, 4) is 0 Å². The summed E-state index contributed by atoms with van der Waals surface area (Å²) in [7, 11) is 0. The van der Waals surface area contributed by atoms with E-state index in [1.54, 1.807) is 0 Å². The van der Waals surface area contributed by atoms with Crippen LogP contribution in [-0.4, -0.2) is 37.5 Å². The van der Waals surface area contributed by atoms with Gasteiger partial charge in [-0.3, -0.25) is 0 Å². The summed E-state index contributed by atoms with van der Waals surface area (Å²) < 4.78 is 10.3. The van der Waals surface area contributed by atoms with E-state index >= 15 is 0 Å². The van der Waals surface area contributed by atoms with E-state index in [1.165, 1.54) is 0 Å². The van der Waals surface area contributed by atoms with Gasteiger partial charge in [0.25, 0.3) is 0 Å². The number of ether oxygens (including phenoxy) is 2. The molecule has 0 aromatic carbocycles. The lowest BCUT2D eigenvalue weighted by molar-refractivity contribution is 0.0391. The molecule has 0 bridgehead atoms. The van der Waals surface area contributed by atoms with Crippen molar-refractivity contribution in [3.05, 3.63) is 0 Å². The van der Waals surface area contributed by atoms with E-state index in [-0.39, 0.29) is 24.3 Å². The lowest BCUT2D eigenvalue weighted by atomic mass is 9.90. The summed E-state index contributed by atoms with van der Waals surface area (Å²) in [4.78, 5) is 11.3. The van der Waals surface area contributed by atoms with Crippen LogP contribution in [0.3, 0.4) is 0 Å². The van der Waals surface area contributed by atoms with Crippen molar-refractivity contribution >= 4 is 6.09 Å². The van der Waals surface area contributed by atoms with Crippen LogP contribution >= 0.6 is 0 Å². The molecule has 1 amide bonds. The van der Waals surface area contributed by atoms with Gasteiger partial charge < -0.3 is 20.5 Å². The Morgan fingerprint density at radius 1 is 1.50 bits per heavy atom. The minimum Gasteiger partial charge on any atom is -0.446 e. The molecule has 2 fully saturated rings. The first-order valence-corrected chi connectivity index (χ1v) is 5.04. The summed E-state index contributed by atoms with van der Waals surface area (Å²) >= 11 is 0. The van der Waals surface area contributed by atoms with Crippen LogP contribution in [0.4, 0.5) is 4.79 Å². The topological polar surface area (TPSA) is 73.6 Å². The second kappa shape index (κ2) is 4.14. The molecule has 1 aliphatic carbocycles. The Morgan fingerprint density at radius 2 is 2.29 bits per heavy atom. The second-order valence-corrected chi connectivity index (χ2v) is 3.96. The van der Waals surface area contributed by atoms with E-state index in [0.29, 0.717) is 6.61 Å². The minimum atomic E-state index is -0.336. The van der Waals surface area contributed by atoms with Gasteiger partial charge in [0.2, 0.25) is 0 Å². The van der Waals surface area contributed by atoms with Crippen molar-refractivity contribution in [1.29, 1.82) is 0 Å². The maximum atomic E-state index is 11.3. The minimum absolute atomic E-state index is 0.0207. The van der Waals surface area contributed by atoms with Gasteiger partial charge in [0.15, 0.2) is 0 Å². The first kappa shape index (κ1) is 9.73. The summed E-state index contributed by atoms with van der Waals surface area (Å²) in [5.74, 6) is 0. The van der Waals surface area contributed by atoms with Gasteiger partial charge >= 0.3 is 6.09 Å². The molecule has 1 unspecified atom stereocenters. The van der Waals surface area contributed by atoms with Gasteiger partial charge in [0, 0.05) is 12.6 Å². The zero-order chi connectivity index (χ0) is 9.97. The maximum Gasteiger partial charge on any atom is 0.407 e. The molecule has 0 radical (unpaired) electrons.